The number of hydrogen-bond donors (Lipinski definition) is 1. The zero-order chi connectivity index (χ0) is 13.1. The van der Waals surface area contributed by atoms with Crippen molar-refractivity contribution >= 4 is 28.9 Å². The van der Waals surface area contributed by atoms with Crippen LogP contribution in [0.5, 0.6) is 0 Å². The molecule has 0 fully saturated rings. The number of nitrogens with zero attached hydrogens (tertiary/aromatic N) is 3. The second-order valence-corrected chi connectivity index (χ2v) is 5.88. The molecule has 0 aliphatic rings. The van der Waals surface area contributed by atoms with Crippen molar-refractivity contribution in [3.63, 3.8) is 0 Å². The van der Waals surface area contributed by atoms with Gasteiger partial charge >= 0.3 is 0 Å². The van der Waals surface area contributed by atoms with E-state index in [4.69, 9.17) is 5.73 Å². The summed E-state index contributed by atoms with van der Waals surface area (Å²) in [5, 5.41) is 2.74. The molecule has 0 radical (unpaired) electrons. The van der Waals surface area contributed by atoms with Gasteiger partial charge in [-0.15, -0.1) is 11.3 Å². The van der Waals surface area contributed by atoms with Crippen molar-refractivity contribution in [2.45, 2.75) is 9.37 Å². The van der Waals surface area contributed by atoms with E-state index >= 15 is 0 Å². The highest BCUT2D eigenvalue weighted by Gasteiger charge is 2.07. The van der Waals surface area contributed by atoms with Gasteiger partial charge in [-0.05, 0) is 11.8 Å². The summed E-state index contributed by atoms with van der Waals surface area (Å²) < 4.78 is 0.942. The van der Waals surface area contributed by atoms with E-state index in [9.17, 15) is 0 Å². The van der Waals surface area contributed by atoms with Crippen molar-refractivity contribution in [3.8, 4) is 11.4 Å². The van der Waals surface area contributed by atoms with Gasteiger partial charge in [-0.1, -0.05) is 30.3 Å². The molecule has 2 aromatic heterocycles. The molecule has 3 rings (SSSR count). The van der Waals surface area contributed by atoms with Crippen LogP contribution in [0.15, 0.2) is 57.3 Å². The fourth-order valence-electron chi connectivity index (χ4n) is 1.56. The summed E-state index contributed by atoms with van der Waals surface area (Å²) in [7, 11) is 0. The third kappa shape index (κ3) is 2.91. The van der Waals surface area contributed by atoms with Crippen LogP contribution in [0.3, 0.4) is 0 Å². The predicted molar refractivity (Wildman–Crippen MR) is 78.1 cm³/mol. The summed E-state index contributed by atoms with van der Waals surface area (Å²) in [6.45, 7) is 0. The van der Waals surface area contributed by atoms with Crippen LogP contribution < -0.4 is 5.73 Å². The zero-order valence-corrected chi connectivity index (χ0v) is 11.5. The van der Waals surface area contributed by atoms with Gasteiger partial charge in [0.2, 0.25) is 0 Å². The largest absolute Gasteiger partial charge is 0.384 e. The Labute approximate surface area is 118 Å². The highest BCUT2D eigenvalue weighted by atomic mass is 32.2. The van der Waals surface area contributed by atoms with Gasteiger partial charge < -0.3 is 5.73 Å². The van der Waals surface area contributed by atoms with Crippen LogP contribution in [0.1, 0.15) is 0 Å². The number of nitrogens with two attached hydrogens (primary N) is 1. The van der Waals surface area contributed by atoms with Crippen molar-refractivity contribution < 1.29 is 0 Å². The van der Waals surface area contributed by atoms with E-state index in [1.165, 1.54) is 11.8 Å². The number of benzene rings is 1. The molecule has 0 saturated heterocycles. The lowest BCUT2D eigenvalue weighted by Crippen LogP contribution is -1.97. The van der Waals surface area contributed by atoms with E-state index in [1.807, 2.05) is 35.7 Å². The number of anilines is 1. The Balaban J connectivity index is 1.97. The molecule has 3 aromatic rings. The third-order valence-electron chi connectivity index (χ3n) is 2.36. The Hall–Kier alpha value is -1.92. The van der Waals surface area contributed by atoms with Crippen LogP contribution in [0.4, 0.5) is 5.82 Å². The molecule has 0 atom stereocenters. The fourth-order valence-corrected chi connectivity index (χ4v) is 3.14. The predicted octanol–water partition coefficient (Wildman–Crippen LogP) is 3.33. The third-order valence-corrected chi connectivity index (χ3v) is 4.16. The fraction of sp³-hybridized carbons (Fsp3) is 0. The Morgan fingerprint density at radius 1 is 1.11 bits per heavy atom. The average molecular weight is 286 g/mol. The molecule has 0 spiro atoms. The van der Waals surface area contributed by atoms with Crippen molar-refractivity contribution in [1.29, 1.82) is 0 Å². The Bertz CT molecular complexity index is 668. The molecule has 94 valence electrons. The van der Waals surface area contributed by atoms with Crippen LogP contribution in [0.25, 0.3) is 11.4 Å². The standard InChI is InChI=1S/C13H10N4S2/c14-10-8-11(19-13-15-6-7-18-13)17-12(16-10)9-4-2-1-3-5-9/h1-8H,(H2,14,16,17). The summed E-state index contributed by atoms with van der Waals surface area (Å²) in [6.07, 6.45) is 1.77. The maximum absolute atomic E-state index is 5.84. The molecular weight excluding hydrogens is 276 g/mol. The Kier molecular flexibility index (Phi) is 3.43. The minimum Gasteiger partial charge on any atom is -0.384 e. The molecule has 0 amide bonds. The molecule has 4 nitrogen and oxygen atoms in total. The van der Waals surface area contributed by atoms with E-state index in [0.717, 1.165) is 14.9 Å². The maximum atomic E-state index is 5.84. The van der Waals surface area contributed by atoms with E-state index in [0.29, 0.717) is 11.6 Å². The van der Waals surface area contributed by atoms with Crippen molar-refractivity contribution in [1.82, 2.24) is 15.0 Å². The lowest BCUT2D eigenvalue weighted by Gasteiger charge is -2.04. The van der Waals surface area contributed by atoms with E-state index in [2.05, 4.69) is 15.0 Å². The highest BCUT2D eigenvalue weighted by molar-refractivity contribution is 8.01. The number of thiazole rings is 1. The number of rotatable bonds is 3. The molecule has 0 saturated carbocycles. The molecular formula is C13H10N4S2. The highest BCUT2D eigenvalue weighted by Crippen LogP contribution is 2.29. The number of nitrogen functional groups attached to an aromatic ring is 1. The summed E-state index contributed by atoms with van der Waals surface area (Å²) in [5.74, 6) is 1.10. The van der Waals surface area contributed by atoms with Crippen LogP contribution in [0.2, 0.25) is 0 Å². The summed E-state index contributed by atoms with van der Waals surface area (Å²) in [4.78, 5) is 13.0. The van der Waals surface area contributed by atoms with Crippen molar-refractivity contribution in [2.24, 2.45) is 0 Å². The van der Waals surface area contributed by atoms with Gasteiger partial charge in [0.15, 0.2) is 10.2 Å². The van der Waals surface area contributed by atoms with Crippen LogP contribution in [-0.2, 0) is 0 Å². The molecule has 19 heavy (non-hydrogen) atoms. The lowest BCUT2D eigenvalue weighted by molar-refractivity contribution is 1.06. The topological polar surface area (TPSA) is 64.7 Å². The van der Waals surface area contributed by atoms with Gasteiger partial charge in [-0.25, -0.2) is 15.0 Å². The van der Waals surface area contributed by atoms with Crippen LogP contribution in [0, 0.1) is 0 Å². The Morgan fingerprint density at radius 3 is 2.68 bits per heavy atom. The van der Waals surface area contributed by atoms with Gasteiger partial charge in [0, 0.05) is 23.2 Å². The number of hydrogen-bond acceptors (Lipinski definition) is 6. The first-order valence-electron chi connectivity index (χ1n) is 5.58. The minimum absolute atomic E-state index is 0.466. The molecule has 2 heterocycles. The number of aromatic nitrogens is 3. The monoisotopic (exact) mass is 286 g/mol. The van der Waals surface area contributed by atoms with Crippen molar-refractivity contribution in [3.05, 3.63) is 48.0 Å². The normalized spacial score (nSPS) is 10.5. The van der Waals surface area contributed by atoms with Crippen LogP contribution >= 0.6 is 23.1 Å². The second-order valence-electron chi connectivity index (χ2n) is 3.72. The first-order chi connectivity index (χ1) is 9.31. The summed E-state index contributed by atoms with van der Waals surface area (Å²) >= 11 is 3.07. The maximum Gasteiger partial charge on any atom is 0.162 e. The quantitative estimate of drug-likeness (QED) is 0.748. The van der Waals surface area contributed by atoms with Gasteiger partial charge in [-0.3, -0.25) is 0 Å². The zero-order valence-electron chi connectivity index (χ0n) is 9.85. The molecule has 0 aliphatic heterocycles. The molecule has 0 unspecified atom stereocenters. The smallest absolute Gasteiger partial charge is 0.162 e. The Morgan fingerprint density at radius 2 is 1.95 bits per heavy atom. The van der Waals surface area contributed by atoms with E-state index in [-0.39, 0.29) is 0 Å². The van der Waals surface area contributed by atoms with E-state index in [1.54, 1.807) is 23.6 Å². The molecule has 2 N–H and O–H groups in total. The molecule has 0 aliphatic carbocycles. The van der Waals surface area contributed by atoms with Crippen LogP contribution in [-0.4, -0.2) is 15.0 Å². The average Bonchev–Trinajstić information content (AvgIpc) is 2.92. The van der Waals surface area contributed by atoms with Gasteiger partial charge in [0.25, 0.3) is 0 Å². The van der Waals surface area contributed by atoms with Gasteiger partial charge in [-0.2, -0.15) is 0 Å². The van der Waals surface area contributed by atoms with Gasteiger partial charge in [0.1, 0.15) is 10.8 Å². The summed E-state index contributed by atoms with van der Waals surface area (Å²) in [5.41, 5.74) is 6.80. The van der Waals surface area contributed by atoms with E-state index < -0.39 is 0 Å². The first kappa shape index (κ1) is 12.1. The SMILES string of the molecule is Nc1cc(Sc2nccs2)nc(-c2ccccc2)n1. The molecule has 0 bridgehead atoms. The van der Waals surface area contributed by atoms with Gasteiger partial charge in [0.05, 0.1) is 0 Å². The van der Waals surface area contributed by atoms with Crippen molar-refractivity contribution in [2.75, 3.05) is 5.73 Å². The minimum atomic E-state index is 0.466. The molecule has 6 heteroatoms. The second kappa shape index (κ2) is 5.38. The summed E-state index contributed by atoms with van der Waals surface area (Å²) in [6, 6.07) is 11.6. The first-order valence-corrected chi connectivity index (χ1v) is 7.28. The lowest BCUT2D eigenvalue weighted by atomic mass is 10.2. The molecule has 1 aromatic carbocycles.